The summed E-state index contributed by atoms with van der Waals surface area (Å²) in [5, 5.41) is 4.82. The third-order valence-electron chi connectivity index (χ3n) is 5.47. The van der Waals surface area contributed by atoms with Gasteiger partial charge in [-0.05, 0) is 36.9 Å². The lowest BCUT2D eigenvalue weighted by Gasteiger charge is -2.27. The Morgan fingerprint density at radius 2 is 1.97 bits per heavy atom. The van der Waals surface area contributed by atoms with Crippen LogP contribution in [0, 0.1) is 5.82 Å². The summed E-state index contributed by atoms with van der Waals surface area (Å²) >= 11 is 0. The molecular weight excluding hydrogens is 367 g/mol. The number of hydrogen-bond acceptors (Lipinski definition) is 3. The second-order valence-corrected chi connectivity index (χ2v) is 7.41. The molecule has 29 heavy (non-hydrogen) atoms. The van der Waals surface area contributed by atoms with Crippen molar-refractivity contribution < 1.29 is 9.18 Å². The molecule has 0 spiro atoms. The van der Waals surface area contributed by atoms with Crippen molar-refractivity contribution in [2.45, 2.75) is 26.4 Å². The molecule has 0 saturated heterocycles. The maximum atomic E-state index is 13.8. The van der Waals surface area contributed by atoms with E-state index in [0.717, 1.165) is 48.7 Å². The van der Waals surface area contributed by atoms with Gasteiger partial charge in [0.25, 0.3) is 5.91 Å². The van der Waals surface area contributed by atoms with Crippen LogP contribution < -0.4 is 0 Å². The van der Waals surface area contributed by atoms with Crippen molar-refractivity contribution in [2.24, 2.45) is 0 Å². The van der Waals surface area contributed by atoms with E-state index in [-0.39, 0.29) is 11.7 Å². The van der Waals surface area contributed by atoms with Gasteiger partial charge in [0.1, 0.15) is 5.82 Å². The Balaban J connectivity index is 1.68. The highest BCUT2D eigenvalue weighted by Gasteiger charge is 2.26. The summed E-state index contributed by atoms with van der Waals surface area (Å²) < 4.78 is 15.7. The molecule has 0 bridgehead atoms. The molecule has 6 heteroatoms. The lowest BCUT2D eigenvalue weighted by atomic mass is 10.0. The molecule has 2 aromatic carbocycles. The molecule has 2 heterocycles. The minimum absolute atomic E-state index is 0.0391. The van der Waals surface area contributed by atoms with Crippen LogP contribution in [0.4, 0.5) is 4.39 Å². The first kappa shape index (κ1) is 19.3. The number of likely N-dealkylation sites (N-methyl/N-ethyl adjacent to an activating group) is 1. The van der Waals surface area contributed by atoms with E-state index >= 15 is 0 Å². The van der Waals surface area contributed by atoms with Crippen molar-refractivity contribution in [1.82, 2.24) is 19.6 Å². The average Bonchev–Trinajstić information content (AvgIpc) is 3.11. The van der Waals surface area contributed by atoms with Crippen LogP contribution in [0.2, 0.25) is 0 Å². The Labute approximate surface area is 170 Å². The summed E-state index contributed by atoms with van der Waals surface area (Å²) in [5.74, 6) is -0.321. The summed E-state index contributed by atoms with van der Waals surface area (Å²) in [7, 11) is 1.79. The van der Waals surface area contributed by atoms with Gasteiger partial charge in [-0.15, -0.1) is 0 Å². The smallest absolute Gasteiger partial charge is 0.253 e. The van der Waals surface area contributed by atoms with E-state index in [2.05, 4.69) is 11.8 Å². The van der Waals surface area contributed by atoms with Crippen LogP contribution in [-0.4, -0.2) is 45.6 Å². The van der Waals surface area contributed by atoms with Gasteiger partial charge in [-0.1, -0.05) is 31.2 Å². The number of carbonyl (C=O) groups is 1. The molecule has 1 amide bonds. The number of carbonyl (C=O) groups excluding carboxylic acids is 1. The van der Waals surface area contributed by atoms with Crippen molar-refractivity contribution >= 4 is 5.91 Å². The van der Waals surface area contributed by atoms with E-state index in [1.807, 2.05) is 41.1 Å². The second-order valence-electron chi connectivity index (χ2n) is 7.41. The zero-order chi connectivity index (χ0) is 20.4. The van der Waals surface area contributed by atoms with Crippen LogP contribution in [-0.2, 0) is 19.5 Å². The number of nitrogens with zero attached hydrogens (tertiary/aromatic N) is 4. The van der Waals surface area contributed by atoms with Crippen LogP contribution in [0.3, 0.4) is 0 Å². The van der Waals surface area contributed by atoms with Gasteiger partial charge >= 0.3 is 0 Å². The lowest BCUT2D eigenvalue weighted by molar-refractivity contribution is 0.0782. The molecule has 150 valence electrons. The van der Waals surface area contributed by atoms with Gasteiger partial charge in [0, 0.05) is 37.7 Å². The van der Waals surface area contributed by atoms with Crippen molar-refractivity contribution in [3.63, 3.8) is 0 Å². The van der Waals surface area contributed by atoms with E-state index in [9.17, 15) is 9.18 Å². The fraction of sp³-hybridized carbons (Fsp3) is 0.304. The van der Waals surface area contributed by atoms with Crippen molar-refractivity contribution in [1.29, 1.82) is 0 Å². The number of fused-ring (bicyclic) bond motifs is 1. The predicted molar refractivity (Wildman–Crippen MR) is 110 cm³/mol. The van der Waals surface area contributed by atoms with Crippen LogP contribution in [0.25, 0.3) is 5.69 Å². The Hall–Kier alpha value is -2.99. The van der Waals surface area contributed by atoms with Crippen LogP contribution >= 0.6 is 0 Å². The number of hydrogen-bond donors (Lipinski definition) is 0. The van der Waals surface area contributed by atoms with Gasteiger partial charge in [0.15, 0.2) is 0 Å². The molecule has 3 aromatic rings. The summed E-state index contributed by atoms with van der Waals surface area (Å²) in [6.07, 6.45) is 0.850. The quantitative estimate of drug-likeness (QED) is 0.665. The highest BCUT2D eigenvalue weighted by molar-refractivity contribution is 5.93. The molecule has 0 radical (unpaired) electrons. The summed E-state index contributed by atoms with van der Waals surface area (Å²) in [5.41, 5.74) is 4.50. The fourth-order valence-corrected chi connectivity index (χ4v) is 3.86. The topological polar surface area (TPSA) is 41.4 Å². The first-order valence-corrected chi connectivity index (χ1v) is 9.95. The van der Waals surface area contributed by atoms with Crippen molar-refractivity contribution in [3.05, 3.63) is 82.9 Å². The molecule has 0 N–H and O–H groups in total. The van der Waals surface area contributed by atoms with Crippen LogP contribution in [0.15, 0.2) is 54.6 Å². The Morgan fingerprint density at radius 3 is 2.69 bits per heavy atom. The molecular formula is C23H25FN4O. The van der Waals surface area contributed by atoms with Gasteiger partial charge in [-0.2, -0.15) is 5.10 Å². The van der Waals surface area contributed by atoms with Crippen molar-refractivity contribution in [3.8, 4) is 5.69 Å². The largest absolute Gasteiger partial charge is 0.336 e. The Bertz CT molecular complexity index is 1010. The van der Waals surface area contributed by atoms with E-state index in [1.165, 1.54) is 12.1 Å². The SMILES string of the molecule is CCN1CCc2c(c(CN(C)C(=O)c3ccccc3)nn2-c2cccc(F)c2)C1. The molecule has 0 atom stereocenters. The third-order valence-corrected chi connectivity index (χ3v) is 5.47. The summed E-state index contributed by atoms with van der Waals surface area (Å²) in [6.45, 7) is 5.26. The van der Waals surface area contributed by atoms with Gasteiger partial charge in [-0.25, -0.2) is 9.07 Å². The number of rotatable bonds is 5. The maximum absolute atomic E-state index is 13.8. The Kier molecular flexibility index (Phi) is 5.45. The molecule has 5 nitrogen and oxygen atoms in total. The Morgan fingerprint density at radius 1 is 1.17 bits per heavy atom. The second kappa shape index (κ2) is 8.17. The average molecular weight is 392 g/mol. The highest BCUT2D eigenvalue weighted by Crippen LogP contribution is 2.26. The zero-order valence-electron chi connectivity index (χ0n) is 16.8. The molecule has 0 aliphatic carbocycles. The molecule has 1 aromatic heterocycles. The molecule has 1 aliphatic rings. The van der Waals surface area contributed by atoms with E-state index < -0.39 is 0 Å². The standard InChI is InChI=1S/C23H25FN4O/c1-3-27-13-12-22-20(15-27)21(25-28(22)19-11-7-10-18(24)14-19)16-26(2)23(29)17-8-5-4-6-9-17/h4-11,14H,3,12-13,15-16H2,1-2H3. The van der Waals surface area contributed by atoms with Gasteiger partial charge in [-0.3, -0.25) is 9.69 Å². The van der Waals surface area contributed by atoms with E-state index in [1.54, 1.807) is 18.0 Å². The van der Waals surface area contributed by atoms with Crippen LogP contribution in [0.5, 0.6) is 0 Å². The number of benzene rings is 2. The summed E-state index contributed by atoms with van der Waals surface area (Å²) in [6, 6.07) is 15.8. The third kappa shape index (κ3) is 3.93. The first-order valence-electron chi connectivity index (χ1n) is 9.95. The molecule has 4 rings (SSSR count). The molecule has 0 fully saturated rings. The van der Waals surface area contributed by atoms with E-state index in [4.69, 9.17) is 5.10 Å². The predicted octanol–water partition coefficient (Wildman–Crippen LogP) is 3.66. The molecule has 0 unspecified atom stereocenters. The number of amides is 1. The molecule has 1 aliphatic heterocycles. The maximum Gasteiger partial charge on any atom is 0.253 e. The highest BCUT2D eigenvalue weighted by atomic mass is 19.1. The summed E-state index contributed by atoms with van der Waals surface area (Å²) in [4.78, 5) is 16.8. The molecule has 0 saturated carbocycles. The fourth-order valence-electron chi connectivity index (χ4n) is 3.86. The van der Waals surface area contributed by atoms with Crippen LogP contribution in [0.1, 0.15) is 34.2 Å². The number of aromatic nitrogens is 2. The normalized spacial score (nSPS) is 13.9. The van der Waals surface area contributed by atoms with Gasteiger partial charge in [0.05, 0.1) is 23.6 Å². The van der Waals surface area contributed by atoms with Gasteiger partial charge < -0.3 is 4.90 Å². The zero-order valence-corrected chi connectivity index (χ0v) is 16.8. The van der Waals surface area contributed by atoms with Gasteiger partial charge in [0.2, 0.25) is 0 Å². The monoisotopic (exact) mass is 392 g/mol. The minimum atomic E-state index is -0.282. The minimum Gasteiger partial charge on any atom is -0.336 e. The number of halogens is 1. The lowest BCUT2D eigenvalue weighted by Crippen LogP contribution is -2.32. The first-order chi connectivity index (χ1) is 14.1. The van der Waals surface area contributed by atoms with E-state index in [0.29, 0.717) is 12.1 Å². The van der Waals surface area contributed by atoms with Crippen molar-refractivity contribution in [2.75, 3.05) is 20.1 Å².